The minimum Gasteiger partial charge on any atom is -0.478 e. The summed E-state index contributed by atoms with van der Waals surface area (Å²) in [6.45, 7) is 0. The monoisotopic (exact) mass is 309 g/mol. The fourth-order valence-corrected chi connectivity index (χ4v) is 2.09. The van der Waals surface area contributed by atoms with Crippen molar-refractivity contribution in [3.05, 3.63) is 53.2 Å². The van der Waals surface area contributed by atoms with Gasteiger partial charge in [-0.2, -0.15) is 11.8 Å². The average Bonchev–Trinajstić information content (AvgIpc) is 2.90. The number of rotatable bonds is 5. The predicted molar refractivity (Wildman–Crippen MR) is 77.2 cm³/mol. The number of anilines is 1. The van der Waals surface area contributed by atoms with Gasteiger partial charge in [0.2, 0.25) is 0 Å². The molecule has 21 heavy (non-hydrogen) atoms. The maximum Gasteiger partial charge on any atom is 0.335 e. The number of carboxylic acids is 1. The number of carbonyl (C=O) groups is 2. The molecule has 0 aliphatic rings. The summed E-state index contributed by atoms with van der Waals surface area (Å²) in [4.78, 5) is 22.6. The van der Waals surface area contributed by atoms with Crippen LogP contribution in [0.1, 0.15) is 26.7 Å². The zero-order valence-corrected chi connectivity index (χ0v) is 11.9. The second-order valence-corrected chi connectivity index (χ2v) is 5.02. The van der Waals surface area contributed by atoms with E-state index in [0.717, 1.165) is 6.07 Å². The molecule has 1 amide bonds. The summed E-state index contributed by atoms with van der Waals surface area (Å²) in [7, 11) is 0. The first-order chi connectivity index (χ1) is 10.0. The minimum atomic E-state index is -1.24. The number of carbonyl (C=O) groups excluding carboxylic acids is 1. The lowest BCUT2D eigenvalue weighted by molar-refractivity contribution is 0.0696. The molecule has 1 heterocycles. The van der Waals surface area contributed by atoms with E-state index in [0.29, 0.717) is 11.5 Å². The Hall–Kier alpha value is -2.28. The number of thioether (sulfide) groups is 1. The molecule has 0 atom stereocenters. The molecule has 1 aromatic heterocycles. The number of benzene rings is 1. The summed E-state index contributed by atoms with van der Waals surface area (Å²) < 4.78 is 19.0. The molecule has 0 saturated carbocycles. The topological polar surface area (TPSA) is 79.5 Å². The molecule has 0 bridgehead atoms. The molecular formula is C14H12FNO4S. The van der Waals surface area contributed by atoms with E-state index >= 15 is 0 Å². The van der Waals surface area contributed by atoms with Crippen LogP contribution in [0.4, 0.5) is 10.1 Å². The molecule has 0 aliphatic carbocycles. The molecule has 0 fully saturated rings. The molecule has 2 rings (SSSR count). The quantitative estimate of drug-likeness (QED) is 0.886. The van der Waals surface area contributed by atoms with Crippen molar-refractivity contribution in [3.8, 4) is 0 Å². The van der Waals surface area contributed by atoms with Gasteiger partial charge in [-0.15, -0.1) is 0 Å². The van der Waals surface area contributed by atoms with Crippen molar-refractivity contribution >= 4 is 29.3 Å². The highest BCUT2D eigenvalue weighted by molar-refractivity contribution is 7.97. The number of furan rings is 1. The van der Waals surface area contributed by atoms with Gasteiger partial charge in [0.25, 0.3) is 5.91 Å². The number of halogens is 1. The summed E-state index contributed by atoms with van der Waals surface area (Å²) in [6, 6.07) is 6.43. The van der Waals surface area contributed by atoms with E-state index in [1.54, 1.807) is 17.8 Å². The predicted octanol–water partition coefficient (Wildman–Crippen LogP) is 3.23. The van der Waals surface area contributed by atoms with Crippen molar-refractivity contribution in [1.82, 2.24) is 0 Å². The van der Waals surface area contributed by atoms with Gasteiger partial charge in [0.15, 0.2) is 5.76 Å². The lowest BCUT2D eigenvalue weighted by Gasteiger charge is -2.05. The molecule has 0 spiro atoms. The maximum atomic E-state index is 13.7. The van der Waals surface area contributed by atoms with Crippen LogP contribution >= 0.6 is 11.8 Å². The Balaban J connectivity index is 2.13. The van der Waals surface area contributed by atoms with Crippen LogP contribution in [-0.4, -0.2) is 23.2 Å². The number of hydrogen-bond acceptors (Lipinski definition) is 4. The van der Waals surface area contributed by atoms with Crippen LogP contribution in [0, 0.1) is 5.82 Å². The minimum absolute atomic E-state index is 0.0701. The first-order valence-corrected chi connectivity index (χ1v) is 7.32. The van der Waals surface area contributed by atoms with Crippen LogP contribution in [0.15, 0.2) is 34.7 Å². The highest BCUT2D eigenvalue weighted by Gasteiger charge is 2.14. The van der Waals surface area contributed by atoms with Crippen molar-refractivity contribution in [2.45, 2.75) is 5.75 Å². The molecule has 0 radical (unpaired) electrons. The first-order valence-electron chi connectivity index (χ1n) is 5.93. The van der Waals surface area contributed by atoms with Gasteiger partial charge >= 0.3 is 5.97 Å². The number of hydrogen-bond donors (Lipinski definition) is 2. The number of aromatic carboxylic acids is 1. The van der Waals surface area contributed by atoms with E-state index < -0.39 is 17.7 Å². The molecule has 1 aromatic carbocycles. The zero-order chi connectivity index (χ0) is 15.4. The van der Waals surface area contributed by atoms with Crippen LogP contribution in [0.5, 0.6) is 0 Å². The molecule has 2 N–H and O–H groups in total. The van der Waals surface area contributed by atoms with E-state index in [4.69, 9.17) is 9.52 Å². The molecule has 0 unspecified atom stereocenters. The molecule has 2 aromatic rings. The van der Waals surface area contributed by atoms with E-state index in [1.165, 1.54) is 18.2 Å². The van der Waals surface area contributed by atoms with Crippen LogP contribution < -0.4 is 5.32 Å². The van der Waals surface area contributed by atoms with Gasteiger partial charge in [-0.25, -0.2) is 9.18 Å². The number of amides is 1. The van der Waals surface area contributed by atoms with Crippen LogP contribution in [0.3, 0.4) is 0 Å². The Labute approximate surface area is 124 Å². The van der Waals surface area contributed by atoms with E-state index in [9.17, 15) is 14.0 Å². The fraction of sp³-hybridized carbons (Fsp3) is 0.143. The normalized spacial score (nSPS) is 10.4. The Morgan fingerprint density at radius 1 is 1.33 bits per heavy atom. The number of carboxylic acid groups (broad SMARTS) is 1. The van der Waals surface area contributed by atoms with Gasteiger partial charge in [-0.3, -0.25) is 4.79 Å². The molecule has 0 aliphatic heterocycles. The van der Waals surface area contributed by atoms with Gasteiger partial charge in [0.05, 0.1) is 17.0 Å². The summed E-state index contributed by atoms with van der Waals surface area (Å²) in [5.41, 5.74) is -0.293. The second kappa shape index (κ2) is 6.45. The molecular weight excluding hydrogens is 297 g/mol. The first kappa shape index (κ1) is 15.1. The summed E-state index contributed by atoms with van der Waals surface area (Å²) >= 11 is 1.55. The highest BCUT2D eigenvalue weighted by Crippen LogP contribution is 2.18. The summed E-state index contributed by atoms with van der Waals surface area (Å²) in [6.07, 6.45) is 1.90. The lowest BCUT2D eigenvalue weighted by Crippen LogP contribution is -2.12. The Morgan fingerprint density at radius 2 is 2.10 bits per heavy atom. The number of nitrogens with one attached hydrogen (secondary N) is 1. The fourth-order valence-electron chi connectivity index (χ4n) is 1.65. The third-order valence-corrected chi connectivity index (χ3v) is 3.21. The maximum absolute atomic E-state index is 13.7. The van der Waals surface area contributed by atoms with Crippen LogP contribution in [0.2, 0.25) is 0 Å². The van der Waals surface area contributed by atoms with Crippen molar-refractivity contribution in [1.29, 1.82) is 0 Å². The van der Waals surface area contributed by atoms with Gasteiger partial charge in [-0.05, 0) is 36.6 Å². The summed E-state index contributed by atoms with van der Waals surface area (Å²) in [5.74, 6) is -1.30. The lowest BCUT2D eigenvalue weighted by atomic mass is 10.2. The highest BCUT2D eigenvalue weighted by atomic mass is 32.2. The molecule has 0 saturated heterocycles. The second-order valence-electron chi connectivity index (χ2n) is 4.15. The van der Waals surface area contributed by atoms with Crippen molar-refractivity contribution < 1.29 is 23.5 Å². The van der Waals surface area contributed by atoms with Crippen molar-refractivity contribution in [2.75, 3.05) is 11.6 Å². The Kier molecular flexibility index (Phi) is 4.64. The SMILES string of the molecule is CSCc1ccc(C(=O)Nc2ccc(C(=O)O)cc2F)o1. The standard InChI is InChI=1S/C14H12FNO4S/c1-21-7-9-3-5-12(20-9)13(17)16-11-4-2-8(14(18)19)6-10(11)15/h2-6H,7H2,1H3,(H,16,17)(H,18,19). The summed E-state index contributed by atoms with van der Waals surface area (Å²) in [5, 5.41) is 11.1. The van der Waals surface area contributed by atoms with Gasteiger partial charge in [0, 0.05) is 0 Å². The van der Waals surface area contributed by atoms with Crippen LogP contribution in [0.25, 0.3) is 0 Å². The Bertz CT molecular complexity index is 683. The largest absolute Gasteiger partial charge is 0.478 e. The average molecular weight is 309 g/mol. The van der Waals surface area contributed by atoms with Gasteiger partial charge in [0.1, 0.15) is 11.6 Å². The van der Waals surface area contributed by atoms with E-state index in [-0.39, 0.29) is 17.0 Å². The molecule has 110 valence electrons. The van der Waals surface area contributed by atoms with E-state index in [2.05, 4.69) is 5.32 Å². The van der Waals surface area contributed by atoms with E-state index in [1.807, 2.05) is 6.26 Å². The zero-order valence-electron chi connectivity index (χ0n) is 11.1. The van der Waals surface area contributed by atoms with Gasteiger partial charge < -0.3 is 14.8 Å². The van der Waals surface area contributed by atoms with Gasteiger partial charge in [-0.1, -0.05) is 0 Å². The Morgan fingerprint density at radius 3 is 2.71 bits per heavy atom. The third-order valence-electron chi connectivity index (χ3n) is 2.64. The van der Waals surface area contributed by atoms with Crippen molar-refractivity contribution in [3.63, 3.8) is 0 Å². The smallest absolute Gasteiger partial charge is 0.335 e. The van der Waals surface area contributed by atoms with Crippen molar-refractivity contribution in [2.24, 2.45) is 0 Å². The molecule has 5 nitrogen and oxygen atoms in total. The third kappa shape index (κ3) is 3.63. The van der Waals surface area contributed by atoms with Crippen LogP contribution in [-0.2, 0) is 5.75 Å². The molecule has 7 heteroatoms.